The average Bonchev–Trinajstić information content (AvgIpc) is 2.73. The van der Waals surface area contributed by atoms with Crippen molar-refractivity contribution in [2.24, 2.45) is 11.8 Å². The maximum absolute atomic E-state index is 12.1. The third kappa shape index (κ3) is 3.42. The molecule has 0 spiro atoms. The third-order valence-corrected chi connectivity index (χ3v) is 4.11. The quantitative estimate of drug-likeness (QED) is 0.751. The molecule has 2 N–H and O–H groups in total. The van der Waals surface area contributed by atoms with Crippen molar-refractivity contribution in [3.8, 4) is 0 Å². The van der Waals surface area contributed by atoms with Gasteiger partial charge in [-0.1, -0.05) is 6.92 Å². The first-order valence-electron chi connectivity index (χ1n) is 6.86. The number of rotatable bonds is 3. The van der Waals surface area contributed by atoms with Gasteiger partial charge >= 0.3 is 0 Å². The van der Waals surface area contributed by atoms with Gasteiger partial charge in [-0.2, -0.15) is 0 Å². The Labute approximate surface area is 104 Å². The number of piperidine rings is 1. The standard InChI is InChI=1S/C13H25N3O/c1-10-4-3-6-14-12(10)13(17)15-8-11-5-7-16(2)9-11/h10-12,14H,3-9H2,1-2H3,(H,15,17). The van der Waals surface area contributed by atoms with Gasteiger partial charge in [0, 0.05) is 13.1 Å². The Balaban J connectivity index is 1.73. The molecule has 2 heterocycles. The number of amides is 1. The summed E-state index contributed by atoms with van der Waals surface area (Å²) < 4.78 is 0. The van der Waals surface area contributed by atoms with E-state index in [0.29, 0.717) is 11.8 Å². The van der Waals surface area contributed by atoms with Gasteiger partial charge in [-0.15, -0.1) is 0 Å². The molecule has 17 heavy (non-hydrogen) atoms. The van der Waals surface area contributed by atoms with Crippen LogP contribution in [0.15, 0.2) is 0 Å². The van der Waals surface area contributed by atoms with Crippen molar-refractivity contribution in [2.45, 2.75) is 32.2 Å². The van der Waals surface area contributed by atoms with Gasteiger partial charge in [-0.3, -0.25) is 4.79 Å². The summed E-state index contributed by atoms with van der Waals surface area (Å²) in [4.78, 5) is 14.4. The van der Waals surface area contributed by atoms with Crippen molar-refractivity contribution in [2.75, 3.05) is 33.2 Å². The van der Waals surface area contributed by atoms with Crippen LogP contribution in [0.4, 0.5) is 0 Å². The van der Waals surface area contributed by atoms with Gasteiger partial charge in [-0.25, -0.2) is 0 Å². The van der Waals surface area contributed by atoms with E-state index < -0.39 is 0 Å². The van der Waals surface area contributed by atoms with Crippen LogP contribution in [0.25, 0.3) is 0 Å². The molecule has 98 valence electrons. The Kier molecular flexibility index (Phi) is 4.40. The predicted molar refractivity (Wildman–Crippen MR) is 68.8 cm³/mol. The molecule has 2 rings (SSSR count). The second-order valence-electron chi connectivity index (χ2n) is 5.71. The van der Waals surface area contributed by atoms with Gasteiger partial charge < -0.3 is 15.5 Å². The van der Waals surface area contributed by atoms with Crippen LogP contribution in [0, 0.1) is 11.8 Å². The summed E-state index contributed by atoms with van der Waals surface area (Å²) in [6.07, 6.45) is 3.57. The normalized spacial score (nSPS) is 34.8. The number of nitrogens with zero attached hydrogens (tertiary/aromatic N) is 1. The van der Waals surface area contributed by atoms with E-state index in [2.05, 4.69) is 29.5 Å². The zero-order chi connectivity index (χ0) is 12.3. The highest BCUT2D eigenvalue weighted by atomic mass is 16.2. The first kappa shape index (κ1) is 12.8. The van der Waals surface area contributed by atoms with Crippen LogP contribution >= 0.6 is 0 Å². The molecule has 0 aliphatic carbocycles. The van der Waals surface area contributed by atoms with Gasteiger partial charge in [0.2, 0.25) is 5.91 Å². The van der Waals surface area contributed by atoms with Gasteiger partial charge in [0.25, 0.3) is 0 Å². The zero-order valence-corrected chi connectivity index (χ0v) is 11.0. The van der Waals surface area contributed by atoms with Crippen LogP contribution in [-0.4, -0.2) is 50.1 Å². The van der Waals surface area contributed by atoms with Crippen LogP contribution < -0.4 is 10.6 Å². The lowest BCUT2D eigenvalue weighted by atomic mass is 9.92. The topological polar surface area (TPSA) is 44.4 Å². The van der Waals surface area contributed by atoms with E-state index in [-0.39, 0.29) is 11.9 Å². The molecule has 0 bridgehead atoms. The second kappa shape index (κ2) is 5.83. The Morgan fingerprint density at radius 2 is 2.29 bits per heavy atom. The third-order valence-electron chi connectivity index (χ3n) is 4.11. The summed E-state index contributed by atoms with van der Waals surface area (Å²) in [7, 11) is 2.15. The molecule has 1 amide bonds. The molecule has 0 aromatic rings. The monoisotopic (exact) mass is 239 g/mol. The number of nitrogens with one attached hydrogen (secondary N) is 2. The number of carbonyl (C=O) groups is 1. The van der Waals surface area contributed by atoms with Crippen LogP contribution in [0.2, 0.25) is 0 Å². The Hall–Kier alpha value is -0.610. The van der Waals surface area contributed by atoms with Crippen LogP contribution in [-0.2, 0) is 4.79 Å². The molecular weight excluding hydrogens is 214 g/mol. The van der Waals surface area contributed by atoms with Crippen molar-refractivity contribution in [3.05, 3.63) is 0 Å². The molecule has 0 aromatic carbocycles. The van der Waals surface area contributed by atoms with E-state index in [1.165, 1.54) is 19.4 Å². The fourth-order valence-electron chi connectivity index (χ4n) is 2.95. The second-order valence-corrected chi connectivity index (χ2v) is 5.71. The minimum atomic E-state index is 0.0304. The number of likely N-dealkylation sites (tertiary alicyclic amines) is 1. The molecule has 2 saturated heterocycles. The van der Waals surface area contributed by atoms with E-state index in [4.69, 9.17) is 0 Å². The first-order chi connectivity index (χ1) is 8.16. The summed E-state index contributed by atoms with van der Waals surface area (Å²) in [5.74, 6) is 1.31. The molecule has 2 aliphatic rings. The molecule has 0 aromatic heterocycles. The number of hydrogen-bond donors (Lipinski definition) is 2. The zero-order valence-electron chi connectivity index (χ0n) is 11.0. The molecular formula is C13H25N3O. The Morgan fingerprint density at radius 1 is 1.47 bits per heavy atom. The lowest BCUT2D eigenvalue weighted by Crippen LogP contribution is -2.51. The fraction of sp³-hybridized carbons (Fsp3) is 0.923. The molecule has 0 saturated carbocycles. The van der Waals surface area contributed by atoms with E-state index in [1.54, 1.807) is 0 Å². The van der Waals surface area contributed by atoms with E-state index >= 15 is 0 Å². The molecule has 3 atom stereocenters. The lowest BCUT2D eigenvalue weighted by molar-refractivity contribution is -0.125. The van der Waals surface area contributed by atoms with Gasteiger partial charge in [0.1, 0.15) is 0 Å². The summed E-state index contributed by atoms with van der Waals surface area (Å²) >= 11 is 0. The van der Waals surface area contributed by atoms with Crippen LogP contribution in [0.5, 0.6) is 0 Å². The van der Waals surface area contributed by atoms with Crippen molar-refractivity contribution < 1.29 is 4.79 Å². The SMILES string of the molecule is CC1CCCNC1C(=O)NCC1CCN(C)C1. The molecule has 0 radical (unpaired) electrons. The minimum Gasteiger partial charge on any atom is -0.354 e. The molecule has 3 unspecified atom stereocenters. The van der Waals surface area contributed by atoms with Crippen molar-refractivity contribution >= 4 is 5.91 Å². The maximum atomic E-state index is 12.1. The van der Waals surface area contributed by atoms with E-state index in [9.17, 15) is 4.79 Å². The molecule has 4 nitrogen and oxygen atoms in total. The Bertz CT molecular complexity index is 269. The van der Waals surface area contributed by atoms with Gasteiger partial charge in [-0.05, 0) is 51.2 Å². The van der Waals surface area contributed by atoms with E-state index in [1.807, 2.05) is 0 Å². The smallest absolute Gasteiger partial charge is 0.237 e. The molecule has 4 heteroatoms. The summed E-state index contributed by atoms with van der Waals surface area (Å²) in [5.41, 5.74) is 0. The van der Waals surface area contributed by atoms with Crippen LogP contribution in [0.3, 0.4) is 0 Å². The fourth-order valence-corrected chi connectivity index (χ4v) is 2.95. The largest absolute Gasteiger partial charge is 0.354 e. The molecule has 2 fully saturated rings. The van der Waals surface area contributed by atoms with Gasteiger partial charge in [0.15, 0.2) is 0 Å². The average molecular weight is 239 g/mol. The van der Waals surface area contributed by atoms with E-state index in [0.717, 1.165) is 26.1 Å². The highest BCUT2D eigenvalue weighted by molar-refractivity contribution is 5.82. The van der Waals surface area contributed by atoms with Crippen molar-refractivity contribution in [3.63, 3.8) is 0 Å². The lowest BCUT2D eigenvalue weighted by Gasteiger charge is -2.29. The van der Waals surface area contributed by atoms with Gasteiger partial charge in [0.05, 0.1) is 6.04 Å². The highest BCUT2D eigenvalue weighted by Crippen LogP contribution is 2.16. The van der Waals surface area contributed by atoms with Crippen molar-refractivity contribution in [1.82, 2.24) is 15.5 Å². The Morgan fingerprint density at radius 3 is 2.94 bits per heavy atom. The maximum Gasteiger partial charge on any atom is 0.237 e. The van der Waals surface area contributed by atoms with Crippen LogP contribution in [0.1, 0.15) is 26.2 Å². The summed E-state index contributed by atoms with van der Waals surface area (Å²) in [5, 5.41) is 6.45. The molecule has 2 aliphatic heterocycles. The number of carbonyl (C=O) groups excluding carboxylic acids is 1. The predicted octanol–water partition coefficient (Wildman–Crippen LogP) is 0.442. The van der Waals surface area contributed by atoms with Crippen molar-refractivity contribution in [1.29, 1.82) is 0 Å². The summed E-state index contributed by atoms with van der Waals surface area (Å²) in [6.45, 7) is 6.27. The highest BCUT2D eigenvalue weighted by Gasteiger charge is 2.28. The first-order valence-corrected chi connectivity index (χ1v) is 6.86. The minimum absolute atomic E-state index is 0.0304. The summed E-state index contributed by atoms with van der Waals surface area (Å²) in [6, 6.07) is 0.0304. The number of hydrogen-bond acceptors (Lipinski definition) is 3.